The molecule has 8 N–H and O–H groups in total. The Bertz CT molecular complexity index is 807. The molecule has 0 spiro atoms. The van der Waals surface area contributed by atoms with E-state index in [1.807, 2.05) is 0 Å². The maximum Gasteiger partial charge on any atom is 0.327 e. The van der Waals surface area contributed by atoms with Gasteiger partial charge in [-0.1, -0.05) is 0 Å². The summed E-state index contributed by atoms with van der Waals surface area (Å²) in [6.45, 7) is 0. The van der Waals surface area contributed by atoms with E-state index in [9.17, 15) is 24.0 Å². The molecular formula is C17H26N6O7S2. The fraction of sp³-hybridized carbons (Fsp3) is 0.529. The maximum absolute atomic E-state index is 12.6. The van der Waals surface area contributed by atoms with E-state index in [0.717, 1.165) is 0 Å². The highest BCUT2D eigenvalue weighted by atomic mass is 32.1. The van der Waals surface area contributed by atoms with Crippen molar-refractivity contribution in [2.45, 2.75) is 43.4 Å². The molecular weight excluding hydrogens is 464 g/mol. The Kier molecular flexibility index (Phi) is 11.6. The zero-order valence-electron chi connectivity index (χ0n) is 16.9. The number of carbonyl (C=O) groups excluding carboxylic acids is 3. The quantitative estimate of drug-likeness (QED) is 0.126. The molecule has 32 heavy (non-hydrogen) atoms. The van der Waals surface area contributed by atoms with Crippen molar-refractivity contribution < 1.29 is 34.2 Å². The summed E-state index contributed by atoms with van der Waals surface area (Å²) in [5.74, 6) is -5.29. The molecule has 178 valence electrons. The molecule has 0 aliphatic heterocycles. The Labute approximate surface area is 194 Å². The first-order valence-electron chi connectivity index (χ1n) is 9.39. The molecule has 1 heterocycles. The van der Waals surface area contributed by atoms with Crippen LogP contribution >= 0.6 is 25.3 Å². The van der Waals surface area contributed by atoms with Crippen LogP contribution in [-0.2, 0) is 30.4 Å². The highest BCUT2D eigenvalue weighted by molar-refractivity contribution is 7.80. The van der Waals surface area contributed by atoms with Crippen LogP contribution in [0, 0.1) is 0 Å². The number of carbonyl (C=O) groups is 5. The third-order valence-corrected chi connectivity index (χ3v) is 4.95. The minimum Gasteiger partial charge on any atom is -0.481 e. The average molecular weight is 491 g/mol. The number of imidazole rings is 1. The number of thiol groups is 2. The first kappa shape index (κ1) is 27.3. The summed E-state index contributed by atoms with van der Waals surface area (Å²) in [4.78, 5) is 66.0. The first-order valence-corrected chi connectivity index (χ1v) is 10.7. The molecule has 0 aliphatic rings. The van der Waals surface area contributed by atoms with Crippen LogP contribution in [0.4, 0.5) is 0 Å². The second-order valence-corrected chi connectivity index (χ2v) is 7.44. The average Bonchev–Trinajstić information content (AvgIpc) is 3.25. The number of H-pyrrole nitrogens is 1. The van der Waals surface area contributed by atoms with Crippen molar-refractivity contribution in [2.75, 3.05) is 11.5 Å². The van der Waals surface area contributed by atoms with E-state index in [2.05, 4.69) is 51.2 Å². The highest BCUT2D eigenvalue weighted by Crippen LogP contribution is 2.03. The molecule has 1 aromatic heterocycles. The minimum absolute atomic E-state index is 0.136. The monoisotopic (exact) mass is 490 g/mol. The Morgan fingerprint density at radius 3 is 2.03 bits per heavy atom. The highest BCUT2D eigenvalue weighted by Gasteiger charge is 2.30. The Hall–Kier alpha value is -2.78. The molecule has 3 amide bonds. The summed E-state index contributed by atoms with van der Waals surface area (Å²) in [6.07, 6.45) is 2.28. The molecule has 4 atom stereocenters. The zero-order chi connectivity index (χ0) is 24.3. The predicted molar refractivity (Wildman–Crippen MR) is 118 cm³/mol. The van der Waals surface area contributed by atoms with E-state index >= 15 is 0 Å². The van der Waals surface area contributed by atoms with Crippen molar-refractivity contribution >= 4 is 54.9 Å². The second kappa shape index (κ2) is 13.6. The number of aliphatic carboxylic acids is 2. The number of amides is 3. The van der Waals surface area contributed by atoms with Crippen LogP contribution in [0.2, 0.25) is 0 Å². The van der Waals surface area contributed by atoms with Crippen molar-refractivity contribution in [3.8, 4) is 0 Å². The van der Waals surface area contributed by atoms with Gasteiger partial charge in [0.05, 0.1) is 12.4 Å². The normalized spacial score (nSPS) is 14.5. The summed E-state index contributed by atoms with van der Waals surface area (Å²) < 4.78 is 0. The fourth-order valence-electron chi connectivity index (χ4n) is 2.47. The molecule has 0 bridgehead atoms. The van der Waals surface area contributed by atoms with E-state index in [1.165, 1.54) is 12.5 Å². The van der Waals surface area contributed by atoms with Crippen LogP contribution in [0.5, 0.6) is 0 Å². The lowest BCUT2D eigenvalue weighted by Gasteiger charge is -2.24. The number of carboxylic acids is 2. The lowest BCUT2D eigenvalue weighted by Crippen LogP contribution is -2.58. The Morgan fingerprint density at radius 2 is 1.53 bits per heavy atom. The molecule has 4 unspecified atom stereocenters. The van der Waals surface area contributed by atoms with E-state index in [4.69, 9.17) is 15.9 Å². The van der Waals surface area contributed by atoms with Crippen LogP contribution in [0.25, 0.3) is 0 Å². The second-order valence-electron chi connectivity index (χ2n) is 6.71. The number of hydrogen-bond acceptors (Lipinski definition) is 9. The summed E-state index contributed by atoms with van der Waals surface area (Å²) >= 11 is 7.86. The Morgan fingerprint density at radius 1 is 0.969 bits per heavy atom. The fourth-order valence-corrected chi connectivity index (χ4v) is 2.97. The summed E-state index contributed by atoms with van der Waals surface area (Å²) in [7, 11) is 0. The van der Waals surface area contributed by atoms with Crippen LogP contribution in [-0.4, -0.2) is 85.5 Å². The molecule has 0 saturated heterocycles. The lowest BCUT2D eigenvalue weighted by molar-refractivity contribution is -0.142. The SMILES string of the molecule is NC(Cc1cnc[nH]1)C(=O)NC(CS)C(=O)NC(CCC(=O)O)C(=O)NC(CS)C(=O)O. The Balaban J connectivity index is 2.80. The number of hydrogen-bond donors (Lipinski definition) is 9. The van der Waals surface area contributed by atoms with E-state index < -0.39 is 60.2 Å². The molecule has 0 radical (unpaired) electrons. The van der Waals surface area contributed by atoms with Gasteiger partial charge in [-0.2, -0.15) is 25.3 Å². The number of nitrogens with zero attached hydrogens (tertiary/aromatic N) is 1. The molecule has 0 aromatic carbocycles. The van der Waals surface area contributed by atoms with Gasteiger partial charge in [0.25, 0.3) is 0 Å². The van der Waals surface area contributed by atoms with Gasteiger partial charge in [-0.05, 0) is 6.42 Å². The third-order valence-electron chi connectivity index (χ3n) is 4.22. The molecule has 15 heteroatoms. The first-order chi connectivity index (χ1) is 15.1. The van der Waals surface area contributed by atoms with Crippen LogP contribution in [0.1, 0.15) is 18.5 Å². The van der Waals surface area contributed by atoms with Crippen LogP contribution in [0.3, 0.4) is 0 Å². The van der Waals surface area contributed by atoms with Crippen molar-refractivity contribution in [1.82, 2.24) is 25.9 Å². The minimum atomic E-state index is -1.36. The number of aromatic nitrogens is 2. The van der Waals surface area contributed by atoms with Crippen molar-refractivity contribution in [3.63, 3.8) is 0 Å². The van der Waals surface area contributed by atoms with Gasteiger partial charge in [0.1, 0.15) is 18.1 Å². The number of carboxylic acid groups (broad SMARTS) is 2. The van der Waals surface area contributed by atoms with E-state index in [0.29, 0.717) is 5.69 Å². The summed E-state index contributed by atoms with van der Waals surface area (Å²) in [5, 5.41) is 24.9. The van der Waals surface area contributed by atoms with Gasteiger partial charge in [-0.3, -0.25) is 19.2 Å². The number of nitrogens with one attached hydrogen (secondary N) is 4. The zero-order valence-corrected chi connectivity index (χ0v) is 18.6. The van der Waals surface area contributed by atoms with Gasteiger partial charge >= 0.3 is 11.9 Å². The van der Waals surface area contributed by atoms with E-state index in [1.54, 1.807) is 0 Å². The van der Waals surface area contributed by atoms with Gasteiger partial charge in [0, 0.05) is 36.2 Å². The molecule has 1 rings (SSSR count). The predicted octanol–water partition coefficient (Wildman–Crippen LogP) is -2.46. The van der Waals surface area contributed by atoms with Gasteiger partial charge in [-0.25, -0.2) is 9.78 Å². The molecule has 0 saturated carbocycles. The summed E-state index contributed by atoms with van der Waals surface area (Å²) in [5.41, 5.74) is 6.44. The summed E-state index contributed by atoms with van der Waals surface area (Å²) in [6, 6.07) is -4.88. The van der Waals surface area contributed by atoms with Gasteiger partial charge < -0.3 is 36.9 Å². The third kappa shape index (κ3) is 9.15. The molecule has 0 aliphatic carbocycles. The van der Waals surface area contributed by atoms with E-state index in [-0.39, 0.29) is 24.3 Å². The van der Waals surface area contributed by atoms with Crippen LogP contribution < -0.4 is 21.7 Å². The number of nitrogens with two attached hydrogens (primary N) is 1. The largest absolute Gasteiger partial charge is 0.481 e. The number of aromatic amines is 1. The van der Waals surface area contributed by atoms with Gasteiger partial charge in [0.15, 0.2) is 0 Å². The maximum atomic E-state index is 12.6. The van der Waals surface area contributed by atoms with Crippen molar-refractivity contribution in [2.24, 2.45) is 5.73 Å². The standard InChI is InChI=1S/C17H26N6O7S2/c18-9(3-8-4-19-7-20-8)14(26)22-11(5-31)16(28)21-10(1-2-13(24)25)15(27)23-12(6-32)17(29)30/h4,7,9-12,31-32H,1-3,5-6,18H2,(H,19,20)(H,21,28)(H,22,26)(H,23,27)(H,24,25)(H,29,30). The van der Waals surface area contributed by atoms with Gasteiger partial charge in [-0.15, -0.1) is 0 Å². The number of rotatable bonds is 14. The van der Waals surface area contributed by atoms with Crippen LogP contribution in [0.15, 0.2) is 12.5 Å². The molecule has 0 fully saturated rings. The lowest BCUT2D eigenvalue weighted by atomic mass is 10.1. The van der Waals surface area contributed by atoms with Crippen molar-refractivity contribution in [3.05, 3.63) is 18.2 Å². The van der Waals surface area contributed by atoms with Gasteiger partial charge in [0.2, 0.25) is 17.7 Å². The smallest absolute Gasteiger partial charge is 0.327 e. The molecule has 13 nitrogen and oxygen atoms in total. The topological polar surface area (TPSA) is 217 Å². The molecule has 1 aromatic rings. The van der Waals surface area contributed by atoms with Crippen molar-refractivity contribution in [1.29, 1.82) is 0 Å².